The summed E-state index contributed by atoms with van der Waals surface area (Å²) in [6.07, 6.45) is 3.92. The molecule has 0 aliphatic heterocycles. The highest BCUT2D eigenvalue weighted by Crippen LogP contribution is 2.20. The number of aromatic nitrogens is 1. The van der Waals surface area contributed by atoms with Crippen LogP contribution in [0.15, 0.2) is 85.2 Å². The van der Waals surface area contributed by atoms with Crippen LogP contribution in [0.4, 0.5) is 0 Å². The molecule has 0 bridgehead atoms. The molecule has 0 saturated carbocycles. The Kier molecular flexibility index (Phi) is 2.79. The zero-order valence-electron chi connectivity index (χ0n) is 11.4. The third-order valence-electron chi connectivity index (χ3n) is 3.60. The predicted molar refractivity (Wildman–Crippen MR) is 84.1 cm³/mol. The summed E-state index contributed by atoms with van der Waals surface area (Å²) in [6.45, 7) is 0. The second kappa shape index (κ2) is 4.91. The van der Waals surface area contributed by atoms with Gasteiger partial charge in [-0.3, -0.25) is 0 Å². The van der Waals surface area contributed by atoms with Gasteiger partial charge in [0.2, 0.25) is 18.1 Å². The number of rotatable bonds is 2. The zero-order valence-corrected chi connectivity index (χ0v) is 11.4. The monoisotopic (exact) mass is 272 g/mol. The van der Waals surface area contributed by atoms with E-state index in [1.54, 1.807) is 4.73 Å². The lowest BCUT2D eigenvalue weighted by molar-refractivity contribution is -0.874. The highest BCUT2D eigenvalue weighted by Gasteiger charge is 2.06. The maximum Gasteiger partial charge on any atom is 0.230 e. The van der Waals surface area contributed by atoms with Crippen molar-refractivity contribution in [3.8, 4) is 5.75 Å². The number of pyridine rings is 1. The lowest BCUT2D eigenvalue weighted by Crippen LogP contribution is -2.38. The molecule has 0 aliphatic carbocycles. The van der Waals surface area contributed by atoms with Crippen LogP contribution in [0.5, 0.6) is 5.75 Å². The van der Waals surface area contributed by atoms with E-state index in [9.17, 15) is 0 Å². The number of hydrogen-bond acceptors (Lipinski definition) is 1. The molecule has 0 aliphatic rings. The number of benzene rings is 3. The van der Waals surface area contributed by atoms with Crippen LogP contribution in [0.1, 0.15) is 0 Å². The molecule has 0 radical (unpaired) electrons. The minimum atomic E-state index is 0.828. The lowest BCUT2D eigenvalue weighted by atomic mass is 10.1. The fraction of sp³-hybridized carbons (Fsp3) is 0. The second-order valence-electron chi connectivity index (χ2n) is 5.03. The molecule has 0 N–H and O–H groups in total. The molecule has 4 aromatic rings. The SMILES string of the molecule is c1ccc2cc(O[n+]3ccc4ccccc4c3)ccc2c1. The Hall–Kier alpha value is -2.87. The molecule has 1 aromatic heterocycles. The molecule has 2 heteroatoms. The first-order valence-corrected chi connectivity index (χ1v) is 6.96. The Morgan fingerprint density at radius 2 is 1.29 bits per heavy atom. The van der Waals surface area contributed by atoms with Gasteiger partial charge in [-0.1, -0.05) is 48.5 Å². The summed E-state index contributed by atoms with van der Waals surface area (Å²) in [6, 6.07) is 24.7. The van der Waals surface area contributed by atoms with Gasteiger partial charge in [-0.2, -0.15) is 0 Å². The molecule has 3 aromatic carbocycles. The predicted octanol–water partition coefficient (Wildman–Crippen LogP) is 4.12. The van der Waals surface area contributed by atoms with Crippen molar-refractivity contribution in [1.29, 1.82) is 0 Å². The van der Waals surface area contributed by atoms with Gasteiger partial charge in [-0.25, -0.2) is 4.84 Å². The van der Waals surface area contributed by atoms with Crippen LogP contribution in [0, 0.1) is 0 Å². The van der Waals surface area contributed by atoms with E-state index < -0.39 is 0 Å². The van der Waals surface area contributed by atoms with Crippen LogP contribution < -0.4 is 9.57 Å². The first-order chi connectivity index (χ1) is 10.4. The van der Waals surface area contributed by atoms with Gasteiger partial charge in [0, 0.05) is 10.8 Å². The van der Waals surface area contributed by atoms with Gasteiger partial charge < -0.3 is 0 Å². The standard InChI is InChI=1S/C19H14NO/c1-3-7-17-13-19(10-9-15(17)5-1)21-20-12-11-16-6-2-4-8-18(16)14-20/h1-14H/q+1. The molecular formula is C19H14NO+. The normalized spacial score (nSPS) is 10.9. The van der Waals surface area contributed by atoms with Gasteiger partial charge in [0.15, 0.2) is 0 Å². The van der Waals surface area contributed by atoms with Gasteiger partial charge in [0.25, 0.3) is 0 Å². The van der Waals surface area contributed by atoms with Gasteiger partial charge in [-0.15, -0.1) is 0 Å². The Morgan fingerprint density at radius 1 is 0.619 bits per heavy atom. The third-order valence-corrected chi connectivity index (χ3v) is 3.60. The third kappa shape index (κ3) is 2.32. The fourth-order valence-corrected chi connectivity index (χ4v) is 2.52. The van der Waals surface area contributed by atoms with E-state index in [0.717, 1.165) is 11.1 Å². The highest BCUT2D eigenvalue weighted by atomic mass is 16.7. The molecule has 4 rings (SSSR count). The van der Waals surface area contributed by atoms with Gasteiger partial charge >= 0.3 is 0 Å². The Morgan fingerprint density at radius 3 is 2.10 bits per heavy atom. The largest absolute Gasteiger partial charge is 0.231 e. The summed E-state index contributed by atoms with van der Waals surface area (Å²) in [7, 11) is 0. The number of nitrogens with zero attached hydrogens (tertiary/aromatic N) is 1. The van der Waals surface area contributed by atoms with Crippen molar-refractivity contribution < 1.29 is 9.57 Å². The molecule has 0 unspecified atom stereocenters. The van der Waals surface area contributed by atoms with Crippen molar-refractivity contribution in [1.82, 2.24) is 0 Å². The first kappa shape index (κ1) is 11.9. The number of hydrogen-bond donors (Lipinski definition) is 0. The van der Waals surface area contributed by atoms with E-state index in [0.29, 0.717) is 0 Å². The minimum Gasteiger partial charge on any atom is -0.231 e. The molecule has 100 valence electrons. The van der Waals surface area contributed by atoms with Crippen LogP contribution in [-0.2, 0) is 0 Å². The number of fused-ring (bicyclic) bond motifs is 2. The quantitative estimate of drug-likeness (QED) is 0.500. The molecular weight excluding hydrogens is 258 g/mol. The van der Waals surface area contributed by atoms with Crippen molar-refractivity contribution in [2.24, 2.45) is 0 Å². The van der Waals surface area contributed by atoms with Crippen LogP contribution in [0.25, 0.3) is 21.5 Å². The Labute approximate surface area is 122 Å². The fourth-order valence-electron chi connectivity index (χ4n) is 2.52. The average Bonchev–Trinajstić information content (AvgIpc) is 2.55. The van der Waals surface area contributed by atoms with Crippen LogP contribution in [0.3, 0.4) is 0 Å². The van der Waals surface area contributed by atoms with E-state index in [1.807, 2.05) is 42.7 Å². The zero-order chi connectivity index (χ0) is 14.1. The lowest BCUT2D eigenvalue weighted by Gasteiger charge is -2.01. The topological polar surface area (TPSA) is 13.1 Å². The van der Waals surface area contributed by atoms with E-state index in [1.165, 1.54) is 16.2 Å². The van der Waals surface area contributed by atoms with Crippen molar-refractivity contribution in [3.05, 3.63) is 85.2 Å². The average molecular weight is 272 g/mol. The molecule has 0 amide bonds. The minimum absolute atomic E-state index is 0.828. The molecule has 0 spiro atoms. The molecule has 0 fully saturated rings. The van der Waals surface area contributed by atoms with Crippen LogP contribution >= 0.6 is 0 Å². The van der Waals surface area contributed by atoms with Gasteiger partial charge in [0.05, 0.1) is 5.39 Å². The molecule has 1 heterocycles. The summed E-state index contributed by atoms with van der Waals surface area (Å²) in [4.78, 5) is 5.91. The van der Waals surface area contributed by atoms with Crippen molar-refractivity contribution in [2.45, 2.75) is 0 Å². The summed E-state index contributed by atoms with van der Waals surface area (Å²) in [5.74, 6) is 0.828. The maximum atomic E-state index is 5.91. The van der Waals surface area contributed by atoms with E-state index in [2.05, 4.69) is 42.5 Å². The van der Waals surface area contributed by atoms with Crippen LogP contribution in [-0.4, -0.2) is 0 Å². The van der Waals surface area contributed by atoms with Crippen LogP contribution in [0.2, 0.25) is 0 Å². The maximum absolute atomic E-state index is 5.91. The van der Waals surface area contributed by atoms with E-state index in [-0.39, 0.29) is 0 Å². The van der Waals surface area contributed by atoms with Crippen molar-refractivity contribution in [2.75, 3.05) is 0 Å². The molecule has 2 nitrogen and oxygen atoms in total. The highest BCUT2D eigenvalue weighted by molar-refractivity contribution is 5.83. The van der Waals surface area contributed by atoms with Crippen molar-refractivity contribution in [3.63, 3.8) is 0 Å². The Balaban J connectivity index is 1.71. The van der Waals surface area contributed by atoms with E-state index >= 15 is 0 Å². The smallest absolute Gasteiger partial charge is 0.230 e. The van der Waals surface area contributed by atoms with Crippen molar-refractivity contribution >= 4 is 21.5 Å². The summed E-state index contributed by atoms with van der Waals surface area (Å²) >= 11 is 0. The second-order valence-corrected chi connectivity index (χ2v) is 5.03. The summed E-state index contributed by atoms with van der Waals surface area (Å²) in [5, 5.41) is 4.75. The van der Waals surface area contributed by atoms with Gasteiger partial charge in [0.1, 0.15) is 0 Å². The summed E-state index contributed by atoms with van der Waals surface area (Å²) in [5.41, 5.74) is 0. The van der Waals surface area contributed by atoms with E-state index in [4.69, 9.17) is 4.84 Å². The molecule has 21 heavy (non-hydrogen) atoms. The first-order valence-electron chi connectivity index (χ1n) is 6.96. The Bertz CT molecular complexity index is 853. The summed E-state index contributed by atoms with van der Waals surface area (Å²) < 4.78 is 1.74. The molecule has 0 saturated heterocycles. The molecule has 0 atom stereocenters. The van der Waals surface area contributed by atoms with Gasteiger partial charge in [-0.05, 0) is 34.4 Å².